The molecule has 0 fully saturated rings. The van der Waals surface area contributed by atoms with Gasteiger partial charge in [0.05, 0.1) is 0 Å². The predicted octanol–water partition coefficient (Wildman–Crippen LogP) is 4.06. The second-order valence-corrected chi connectivity index (χ2v) is 6.30. The molecule has 1 aliphatic heterocycles. The Morgan fingerprint density at radius 3 is 2.61 bits per heavy atom. The molecule has 0 bridgehead atoms. The maximum Gasteiger partial charge on any atom is -0.000812 e. The van der Waals surface area contributed by atoms with Crippen LogP contribution in [0.3, 0.4) is 0 Å². The van der Waals surface area contributed by atoms with Gasteiger partial charge in [-0.1, -0.05) is 45.0 Å². The maximum absolute atomic E-state index is 3.46. The molecule has 18 heavy (non-hydrogen) atoms. The molecular weight excluding hydrogens is 218 g/mol. The van der Waals surface area contributed by atoms with Crippen molar-refractivity contribution in [3.05, 3.63) is 41.0 Å². The summed E-state index contributed by atoms with van der Waals surface area (Å²) in [6, 6.07) is 6.94. The highest BCUT2D eigenvalue weighted by atomic mass is 14.8. The van der Waals surface area contributed by atoms with E-state index in [0.29, 0.717) is 0 Å². The van der Waals surface area contributed by atoms with Gasteiger partial charge in [0.25, 0.3) is 0 Å². The molecule has 0 radical (unpaired) electrons. The molecule has 0 atom stereocenters. The van der Waals surface area contributed by atoms with Crippen LogP contribution in [-0.4, -0.2) is 13.1 Å². The normalized spacial score (nSPS) is 17.2. The van der Waals surface area contributed by atoms with Crippen LogP contribution >= 0.6 is 0 Å². The van der Waals surface area contributed by atoms with Crippen molar-refractivity contribution in [1.29, 1.82) is 0 Å². The van der Waals surface area contributed by atoms with Crippen LogP contribution in [0.5, 0.6) is 0 Å². The Labute approximate surface area is 111 Å². The van der Waals surface area contributed by atoms with Crippen molar-refractivity contribution < 1.29 is 0 Å². The Hall–Kier alpha value is -1.08. The number of aryl methyl sites for hydroxylation is 1. The van der Waals surface area contributed by atoms with Crippen molar-refractivity contribution in [2.24, 2.45) is 0 Å². The van der Waals surface area contributed by atoms with E-state index in [0.717, 1.165) is 25.9 Å². The Balaban J connectivity index is 2.40. The van der Waals surface area contributed by atoms with E-state index in [1.807, 2.05) is 0 Å². The minimum Gasteiger partial charge on any atom is -0.316 e. The molecule has 0 aliphatic carbocycles. The highest BCUT2D eigenvalue weighted by Gasteiger charge is 2.16. The summed E-state index contributed by atoms with van der Waals surface area (Å²) in [6.07, 6.45) is 4.71. The van der Waals surface area contributed by atoms with Gasteiger partial charge in [-0.3, -0.25) is 0 Å². The summed E-state index contributed by atoms with van der Waals surface area (Å²) in [7, 11) is 0. The van der Waals surface area contributed by atoms with Gasteiger partial charge in [-0.25, -0.2) is 0 Å². The molecule has 0 saturated heterocycles. The smallest absolute Gasteiger partial charge is 0.000812 e. The molecular formula is C17H25N. The van der Waals surface area contributed by atoms with Crippen molar-refractivity contribution in [2.45, 2.75) is 46.0 Å². The Morgan fingerprint density at radius 2 is 1.89 bits per heavy atom. The molecule has 1 aliphatic rings. The lowest BCUT2D eigenvalue weighted by molar-refractivity contribution is 0.590. The Kier molecular flexibility index (Phi) is 3.91. The van der Waals surface area contributed by atoms with Crippen LogP contribution < -0.4 is 5.32 Å². The van der Waals surface area contributed by atoms with Crippen LogP contribution in [0.1, 0.15) is 50.3 Å². The van der Waals surface area contributed by atoms with Crippen molar-refractivity contribution in [2.75, 3.05) is 13.1 Å². The molecule has 1 aromatic carbocycles. The van der Waals surface area contributed by atoms with E-state index in [-0.39, 0.29) is 5.41 Å². The van der Waals surface area contributed by atoms with Crippen molar-refractivity contribution in [1.82, 2.24) is 5.32 Å². The van der Waals surface area contributed by atoms with E-state index >= 15 is 0 Å². The molecule has 0 amide bonds. The average Bonchev–Trinajstić information content (AvgIpc) is 2.56. The zero-order valence-electron chi connectivity index (χ0n) is 12.1. The molecule has 0 unspecified atom stereocenters. The Bertz CT molecular complexity index is 449. The van der Waals surface area contributed by atoms with Crippen molar-refractivity contribution in [3.8, 4) is 0 Å². The third-order valence-electron chi connectivity index (χ3n) is 3.73. The van der Waals surface area contributed by atoms with Crippen molar-refractivity contribution in [3.63, 3.8) is 0 Å². The summed E-state index contributed by atoms with van der Waals surface area (Å²) in [5, 5.41) is 3.46. The minimum absolute atomic E-state index is 0.228. The van der Waals surface area contributed by atoms with Crippen LogP contribution in [0.15, 0.2) is 24.3 Å². The first-order valence-corrected chi connectivity index (χ1v) is 7.00. The fourth-order valence-corrected chi connectivity index (χ4v) is 2.48. The van der Waals surface area contributed by atoms with Crippen LogP contribution in [0.2, 0.25) is 0 Å². The van der Waals surface area contributed by atoms with E-state index in [1.165, 1.54) is 22.3 Å². The number of rotatable bonds is 1. The molecule has 0 saturated carbocycles. The number of hydrogen-bond donors (Lipinski definition) is 1. The van der Waals surface area contributed by atoms with Gasteiger partial charge >= 0.3 is 0 Å². The van der Waals surface area contributed by atoms with E-state index in [2.05, 4.69) is 57.3 Å². The van der Waals surface area contributed by atoms with Gasteiger partial charge < -0.3 is 5.32 Å². The second kappa shape index (κ2) is 5.27. The quantitative estimate of drug-likeness (QED) is 0.784. The van der Waals surface area contributed by atoms with Gasteiger partial charge in [0.1, 0.15) is 0 Å². The Morgan fingerprint density at radius 1 is 1.11 bits per heavy atom. The molecule has 2 rings (SSSR count). The first-order chi connectivity index (χ1) is 8.48. The lowest BCUT2D eigenvalue weighted by atomic mass is 9.84. The maximum atomic E-state index is 3.46. The summed E-state index contributed by atoms with van der Waals surface area (Å²) in [4.78, 5) is 0. The summed E-state index contributed by atoms with van der Waals surface area (Å²) in [6.45, 7) is 11.3. The largest absolute Gasteiger partial charge is 0.316 e. The topological polar surface area (TPSA) is 12.0 Å². The van der Waals surface area contributed by atoms with Crippen molar-refractivity contribution >= 4 is 5.57 Å². The highest BCUT2D eigenvalue weighted by Crippen LogP contribution is 2.29. The van der Waals surface area contributed by atoms with Crippen LogP contribution in [0.4, 0.5) is 0 Å². The first-order valence-electron chi connectivity index (χ1n) is 7.00. The van der Waals surface area contributed by atoms with Gasteiger partial charge in [0.2, 0.25) is 0 Å². The fraction of sp³-hybridized carbons (Fsp3) is 0.529. The lowest BCUT2D eigenvalue weighted by Gasteiger charge is -2.21. The zero-order chi connectivity index (χ0) is 13.2. The monoisotopic (exact) mass is 243 g/mol. The van der Waals surface area contributed by atoms with E-state index in [4.69, 9.17) is 0 Å². The highest BCUT2D eigenvalue weighted by molar-refractivity contribution is 5.69. The summed E-state index contributed by atoms with van der Waals surface area (Å²) >= 11 is 0. The average molecular weight is 243 g/mol. The number of hydrogen-bond acceptors (Lipinski definition) is 1. The minimum atomic E-state index is 0.228. The molecule has 1 heterocycles. The van der Waals surface area contributed by atoms with Gasteiger partial charge in [0, 0.05) is 0 Å². The molecule has 1 N–H and O–H groups in total. The van der Waals surface area contributed by atoms with Crippen LogP contribution in [-0.2, 0) is 5.41 Å². The first kappa shape index (κ1) is 13.4. The molecule has 1 nitrogen and oxygen atoms in total. The van der Waals surface area contributed by atoms with Gasteiger partial charge in [0.15, 0.2) is 0 Å². The van der Waals surface area contributed by atoms with Crippen LogP contribution in [0.25, 0.3) is 5.57 Å². The third-order valence-corrected chi connectivity index (χ3v) is 3.73. The van der Waals surface area contributed by atoms with Gasteiger partial charge in [-0.05, 0) is 60.5 Å². The molecule has 0 spiro atoms. The van der Waals surface area contributed by atoms with E-state index in [9.17, 15) is 0 Å². The molecule has 1 aromatic rings. The van der Waals surface area contributed by atoms with E-state index < -0.39 is 0 Å². The van der Waals surface area contributed by atoms with Gasteiger partial charge in [-0.2, -0.15) is 0 Å². The van der Waals surface area contributed by atoms with Crippen LogP contribution in [0, 0.1) is 6.92 Å². The molecule has 0 aromatic heterocycles. The standard InChI is InChI=1S/C17H25N/c1-13-7-8-15(17(2,3)4)12-16(13)14-6-5-10-18-11-9-14/h6-8,12,18H,5,9-11H2,1-4H3. The fourth-order valence-electron chi connectivity index (χ4n) is 2.48. The lowest BCUT2D eigenvalue weighted by Crippen LogP contribution is -2.14. The summed E-state index contributed by atoms with van der Waals surface area (Å²) < 4.78 is 0. The zero-order valence-corrected chi connectivity index (χ0v) is 12.1. The third kappa shape index (κ3) is 3.02. The molecule has 1 heteroatoms. The van der Waals surface area contributed by atoms with Gasteiger partial charge in [-0.15, -0.1) is 0 Å². The number of benzene rings is 1. The van der Waals surface area contributed by atoms with E-state index in [1.54, 1.807) is 0 Å². The SMILES string of the molecule is Cc1ccc(C(C)(C)C)cc1C1=CCCNCC1. The second-order valence-electron chi connectivity index (χ2n) is 6.30. The molecule has 98 valence electrons. The summed E-state index contributed by atoms with van der Waals surface area (Å²) in [5.41, 5.74) is 6.03. The summed E-state index contributed by atoms with van der Waals surface area (Å²) in [5.74, 6) is 0. The number of nitrogens with one attached hydrogen (secondary N) is 1. The predicted molar refractivity (Wildman–Crippen MR) is 80.0 cm³/mol.